The Balaban J connectivity index is 2.24. The number of ether oxygens (including phenoxy) is 1. The molecule has 0 aliphatic rings. The second kappa shape index (κ2) is 6.96. The monoisotopic (exact) mass is 286 g/mol. The van der Waals surface area contributed by atoms with E-state index in [0.717, 1.165) is 23.1 Å². The molecule has 0 aromatic heterocycles. The molecule has 2 aromatic carbocycles. The number of thioether (sulfide) groups is 1. The molecule has 0 atom stereocenters. The van der Waals surface area contributed by atoms with Gasteiger partial charge in [0.1, 0.15) is 11.5 Å². The molecular formula is C17H15FOS. The van der Waals surface area contributed by atoms with Gasteiger partial charge in [0.25, 0.3) is 0 Å². The normalized spacial score (nSPS) is 11.2. The number of hydrogen-bond acceptors (Lipinski definition) is 2. The van der Waals surface area contributed by atoms with E-state index in [9.17, 15) is 4.39 Å². The molecule has 0 radical (unpaired) electrons. The largest absolute Gasteiger partial charge is 0.457 e. The molecule has 0 N–H and O–H groups in total. The highest BCUT2D eigenvalue weighted by Crippen LogP contribution is 2.38. The molecule has 0 amide bonds. The minimum atomic E-state index is -0.274. The molecule has 1 nitrogen and oxygen atoms in total. The fourth-order valence-electron chi connectivity index (χ4n) is 1.63. The van der Waals surface area contributed by atoms with Crippen LogP contribution in [-0.4, -0.2) is 0 Å². The summed E-state index contributed by atoms with van der Waals surface area (Å²) in [5, 5.41) is -0.274. The number of allylic oxidation sites excluding steroid dienone is 1. The molecule has 20 heavy (non-hydrogen) atoms. The summed E-state index contributed by atoms with van der Waals surface area (Å²) in [4.78, 5) is 0.618. The lowest BCUT2D eigenvalue weighted by Crippen LogP contribution is -1.89. The van der Waals surface area contributed by atoms with Crippen LogP contribution in [0.2, 0.25) is 0 Å². The lowest BCUT2D eigenvalue weighted by atomic mass is 10.2. The van der Waals surface area contributed by atoms with Crippen molar-refractivity contribution in [1.82, 2.24) is 0 Å². The summed E-state index contributed by atoms with van der Waals surface area (Å²) in [5.74, 6) is 1.41. The number of para-hydroxylation sites is 2. The quantitative estimate of drug-likeness (QED) is 0.665. The Morgan fingerprint density at radius 1 is 1.10 bits per heavy atom. The lowest BCUT2D eigenvalue weighted by Gasteiger charge is -2.12. The van der Waals surface area contributed by atoms with E-state index in [-0.39, 0.29) is 5.16 Å². The maximum absolute atomic E-state index is 13.3. The highest BCUT2D eigenvalue weighted by Gasteiger charge is 2.10. The van der Waals surface area contributed by atoms with Crippen LogP contribution in [0.3, 0.4) is 0 Å². The zero-order valence-electron chi connectivity index (χ0n) is 11.2. The van der Waals surface area contributed by atoms with Crippen molar-refractivity contribution in [3.05, 3.63) is 78.0 Å². The summed E-state index contributed by atoms with van der Waals surface area (Å²) in [5.41, 5.74) is 0.790. The minimum Gasteiger partial charge on any atom is -0.457 e. The summed E-state index contributed by atoms with van der Waals surface area (Å²) in [6.45, 7) is 5.57. The zero-order valence-corrected chi connectivity index (χ0v) is 12.0. The third kappa shape index (κ3) is 3.75. The van der Waals surface area contributed by atoms with Gasteiger partial charge in [-0.05, 0) is 31.2 Å². The van der Waals surface area contributed by atoms with E-state index < -0.39 is 0 Å². The van der Waals surface area contributed by atoms with Crippen LogP contribution in [-0.2, 0) is 0 Å². The summed E-state index contributed by atoms with van der Waals surface area (Å²) < 4.78 is 19.2. The number of hydrogen-bond donors (Lipinski definition) is 0. The summed E-state index contributed by atoms with van der Waals surface area (Å²) in [6, 6.07) is 17.0. The third-order valence-electron chi connectivity index (χ3n) is 2.61. The van der Waals surface area contributed by atoms with Crippen molar-refractivity contribution in [2.24, 2.45) is 0 Å². The third-order valence-corrected chi connectivity index (χ3v) is 3.50. The summed E-state index contributed by atoms with van der Waals surface area (Å²) in [6.07, 6.45) is 1.41. The Morgan fingerprint density at radius 3 is 2.45 bits per heavy atom. The van der Waals surface area contributed by atoms with Gasteiger partial charge in [-0.15, -0.1) is 0 Å². The van der Waals surface area contributed by atoms with Crippen molar-refractivity contribution in [2.45, 2.75) is 6.92 Å². The first kappa shape index (κ1) is 14.4. The number of halogens is 1. The molecular weight excluding hydrogens is 271 g/mol. The molecule has 0 fully saturated rings. The molecule has 0 saturated heterocycles. The summed E-state index contributed by atoms with van der Waals surface area (Å²) >= 11 is 0.997. The van der Waals surface area contributed by atoms with Crippen LogP contribution in [0.1, 0.15) is 12.5 Å². The minimum absolute atomic E-state index is 0.274. The van der Waals surface area contributed by atoms with Crippen LogP contribution in [0, 0.1) is 0 Å². The van der Waals surface area contributed by atoms with E-state index in [1.807, 2.05) is 54.6 Å². The summed E-state index contributed by atoms with van der Waals surface area (Å²) in [7, 11) is 0. The van der Waals surface area contributed by atoms with Gasteiger partial charge in [-0.2, -0.15) is 4.39 Å². The van der Waals surface area contributed by atoms with Gasteiger partial charge in [-0.1, -0.05) is 54.7 Å². The molecule has 102 valence electrons. The second-order valence-corrected chi connectivity index (χ2v) is 5.12. The van der Waals surface area contributed by atoms with Crippen LogP contribution in [0.15, 0.2) is 72.4 Å². The Hall–Kier alpha value is -2.00. The molecule has 0 spiro atoms. The first-order chi connectivity index (χ1) is 9.70. The van der Waals surface area contributed by atoms with E-state index >= 15 is 0 Å². The van der Waals surface area contributed by atoms with E-state index in [1.54, 1.807) is 6.92 Å². The fourth-order valence-corrected chi connectivity index (χ4v) is 2.26. The molecule has 2 rings (SSSR count). The Kier molecular flexibility index (Phi) is 5.02. The van der Waals surface area contributed by atoms with Gasteiger partial charge in [0.05, 0.1) is 0 Å². The van der Waals surface area contributed by atoms with Crippen LogP contribution in [0.25, 0.3) is 4.91 Å². The lowest BCUT2D eigenvalue weighted by molar-refractivity contribution is 0.481. The predicted molar refractivity (Wildman–Crippen MR) is 84.4 cm³/mol. The molecule has 0 aliphatic carbocycles. The van der Waals surface area contributed by atoms with Gasteiger partial charge in [0.2, 0.25) is 0 Å². The van der Waals surface area contributed by atoms with Crippen molar-refractivity contribution in [1.29, 1.82) is 0 Å². The van der Waals surface area contributed by atoms with Gasteiger partial charge in [-0.25, -0.2) is 0 Å². The molecule has 2 aromatic rings. The van der Waals surface area contributed by atoms with Crippen molar-refractivity contribution >= 4 is 16.7 Å². The smallest absolute Gasteiger partial charge is 0.157 e. The van der Waals surface area contributed by atoms with Gasteiger partial charge in [-0.3, -0.25) is 0 Å². The van der Waals surface area contributed by atoms with Crippen LogP contribution < -0.4 is 4.74 Å². The van der Waals surface area contributed by atoms with Crippen molar-refractivity contribution in [3.63, 3.8) is 0 Å². The highest BCUT2D eigenvalue weighted by molar-refractivity contribution is 8.11. The molecule has 0 bridgehead atoms. The number of benzene rings is 2. The van der Waals surface area contributed by atoms with Gasteiger partial charge < -0.3 is 4.74 Å². The Morgan fingerprint density at radius 2 is 1.75 bits per heavy atom. The van der Waals surface area contributed by atoms with Gasteiger partial charge in [0, 0.05) is 10.5 Å². The fraction of sp³-hybridized carbons (Fsp3) is 0.0588. The van der Waals surface area contributed by atoms with Crippen LogP contribution in [0.5, 0.6) is 11.5 Å². The van der Waals surface area contributed by atoms with Crippen LogP contribution >= 0.6 is 11.8 Å². The van der Waals surface area contributed by atoms with Crippen molar-refractivity contribution in [3.8, 4) is 11.5 Å². The average molecular weight is 286 g/mol. The van der Waals surface area contributed by atoms with E-state index in [2.05, 4.69) is 6.58 Å². The number of rotatable bonds is 5. The van der Waals surface area contributed by atoms with Crippen molar-refractivity contribution < 1.29 is 9.13 Å². The molecule has 0 saturated carbocycles. The van der Waals surface area contributed by atoms with E-state index in [1.165, 1.54) is 6.08 Å². The standard InChI is InChI=1S/C17H15FOS/c1-3-17(18)20-13(2)15-11-7-8-12-16(15)19-14-9-5-4-6-10-14/h3-12H,2H2,1H3/b17-3-. The molecule has 0 unspecified atom stereocenters. The van der Waals surface area contributed by atoms with E-state index in [4.69, 9.17) is 4.74 Å². The Bertz CT molecular complexity index is 620. The molecule has 3 heteroatoms. The Labute approximate surface area is 122 Å². The predicted octanol–water partition coefficient (Wildman–Crippen LogP) is 6.01. The van der Waals surface area contributed by atoms with Gasteiger partial charge in [0.15, 0.2) is 5.16 Å². The second-order valence-electron chi connectivity index (χ2n) is 4.03. The first-order valence-corrected chi connectivity index (χ1v) is 7.03. The van der Waals surface area contributed by atoms with E-state index in [0.29, 0.717) is 10.7 Å². The highest BCUT2D eigenvalue weighted by atomic mass is 32.2. The molecule has 0 aliphatic heterocycles. The zero-order chi connectivity index (χ0) is 14.4. The molecule has 0 heterocycles. The maximum Gasteiger partial charge on any atom is 0.157 e. The topological polar surface area (TPSA) is 9.23 Å². The first-order valence-electron chi connectivity index (χ1n) is 6.21. The van der Waals surface area contributed by atoms with Crippen LogP contribution in [0.4, 0.5) is 4.39 Å². The van der Waals surface area contributed by atoms with Gasteiger partial charge >= 0.3 is 0 Å². The average Bonchev–Trinajstić information content (AvgIpc) is 2.48. The SMILES string of the molecule is C=C(S/C(F)=C\C)c1ccccc1Oc1ccccc1. The maximum atomic E-state index is 13.3. The van der Waals surface area contributed by atoms with Crippen molar-refractivity contribution in [2.75, 3.05) is 0 Å².